The Morgan fingerprint density at radius 1 is 1.00 bits per heavy atom. The number of carbonyl (C=O) groups excluding carboxylic acids is 4. The van der Waals surface area contributed by atoms with Crippen LogP contribution in [0.5, 0.6) is 5.75 Å². The molecule has 1 fully saturated rings. The van der Waals surface area contributed by atoms with Crippen LogP contribution in [-0.2, 0) is 23.9 Å². The van der Waals surface area contributed by atoms with Crippen LogP contribution in [0.15, 0.2) is 24.3 Å². The van der Waals surface area contributed by atoms with Gasteiger partial charge in [-0.1, -0.05) is 67.9 Å². The highest BCUT2D eigenvalue weighted by atomic mass is 32.2. The summed E-state index contributed by atoms with van der Waals surface area (Å²) in [4.78, 5) is 63.2. The summed E-state index contributed by atoms with van der Waals surface area (Å²) in [7, 11) is 7.09. The van der Waals surface area contributed by atoms with Gasteiger partial charge < -0.3 is 29.9 Å². The van der Waals surface area contributed by atoms with Gasteiger partial charge in [0.15, 0.2) is 0 Å². The van der Waals surface area contributed by atoms with Crippen molar-refractivity contribution in [2.24, 2.45) is 23.7 Å². The Kier molecular flexibility index (Phi) is 18.4. The van der Waals surface area contributed by atoms with Gasteiger partial charge in [-0.3, -0.25) is 24.1 Å². The van der Waals surface area contributed by atoms with Gasteiger partial charge in [0.1, 0.15) is 11.8 Å². The van der Waals surface area contributed by atoms with Crippen molar-refractivity contribution in [1.82, 2.24) is 20.0 Å². The topological polar surface area (TPSA) is 123 Å². The first-order valence-corrected chi connectivity index (χ1v) is 20.3. The van der Waals surface area contributed by atoms with Crippen molar-refractivity contribution in [2.75, 3.05) is 52.0 Å². The molecule has 8 atom stereocenters. The average Bonchev–Trinajstić information content (AvgIpc) is 3.58. The number of phenolic OH excluding ortho intramolecular Hbond substituents is 1. The molecule has 2 rings (SSSR count). The molecule has 11 nitrogen and oxygen atoms in total. The number of ether oxygens (including phenoxy) is 1. The van der Waals surface area contributed by atoms with E-state index in [1.807, 2.05) is 71.5 Å². The number of carbonyl (C=O) groups is 4. The van der Waals surface area contributed by atoms with Crippen molar-refractivity contribution in [3.63, 3.8) is 0 Å². The molecule has 12 heteroatoms. The number of thioether (sulfide) groups is 1. The van der Waals surface area contributed by atoms with Crippen LogP contribution >= 0.6 is 11.8 Å². The minimum atomic E-state index is -0.741. The number of nitrogens with one attached hydrogen (secondary N) is 1. The SMILES string of the molecule is CCSC(C(C)C(=O)N(CC)c1cccc(O)c1)C1CCCN1C(=O)CC(OC)C(C(C)CC)N(C)C(=O)C(NC(=O)C(C(C)C)N(C)C)C(C)C. The summed E-state index contributed by atoms with van der Waals surface area (Å²) < 4.78 is 6.07. The number of hydrogen-bond acceptors (Lipinski definition) is 8. The van der Waals surface area contributed by atoms with Crippen LogP contribution in [0, 0.1) is 23.7 Å². The van der Waals surface area contributed by atoms with Gasteiger partial charge in [0.05, 0.1) is 24.6 Å². The summed E-state index contributed by atoms with van der Waals surface area (Å²) in [5.41, 5.74) is 0.647. The Labute approximate surface area is 318 Å². The number of phenols is 1. The Bertz CT molecular complexity index is 1300. The van der Waals surface area contributed by atoms with Crippen LogP contribution in [0.1, 0.15) is 88.0 Å². The molecule has 2 N–H and O–H groups in total. The number of rotatable bonds is 20. The standard InChI is InChI=1S/C40H69N5O6S/c1-14-27(8)36(43(12)40(50)34(25(4)5)41-38(48)35(26(6)7)42(10)11)32(51-13)24-33(47)45-22-18-21-31(45)37(52-16-3)28(9)39(49)44(15-2)29-19-17-20-30(46)23-29/h17,19-20,23,25-28,31-32,34-37,46H,14-16,18,21-22,24H2,1-13H3,(H,41,48). The van der Waals surface area contributed by atoms with E-state index in [9.17, 15) is 24.3 Å². The van der Waals surface area contributed by atoms with Gasteiger partial charge in [-0.05, 0) is 69.5 Å². The quantitative estimate of drug-likeness (QED) is 0.180. The van der Waals surface area contributed by atoms with E-state index in [1.165, 1.54) is 0 Å². The van der Waals surface area contributed by atoms with E-state index in [0.29, 0.717) is 18.8 Å². The fourth-order valence-electron chi connectivity index (χ4n) is 7.86. The molecule has 0 aromatic heterocycles. The molecular formula is C40H69N5O6S. The molecule has 1 aliphatic heterocycles. The lowest BCUT2D eigenvalue weighted by atomic mass is 9.89. The van der Waals surface area contributed by atoms with E-state index in [0.717, 1.165) is 25.0 Å². The maximum Gasteiger partial charge on any atom is 0.245 e. The van der Waals surface area contributed by atoms with Crippen LogP contribution in [0.3, 0.4) is 0 Å². The molecule has 1 heterocycles. The zero-order valence-electron chi connectivity index (χ0n) is 34.2. The van der Waals surface area contributed by atoms with Crippen LogP contribution in [-0.4, -0.2) is 126 Å². The molecule has 1 saturated heterocycles. The van der Waals surface area contributed by atoms with Crippen molar-refractivity contribution in [3.05, 3.63) is 24.3 Å². The molecule has 0 saturated carbocycles. The van der Waals surface area contributed by atoms with E-state index in [-0.39, 0.29) is 76.8 Å². The first-order chi connectivity index (χ1) is 24.5. The van der Waals surface area contributed by atoms with Crippen LogP contribution in [0.4, 0.5) is 5.69 Å². The number of likely N-dealkylation sites (tertiary alicyclic amines) is 1. The second-order valence-electron chi connectivity index (χ2n) is 15.3. The number of hydrogen-bond donors (Lipinski definition) is 2. The minimum absolute atomic E-state index is 0.00765. The highest BCUT2D eigenvalue weighted by Crippen LogP contribution is 2.35. The average molecular weight is 748 g/mol. The van der Waals surface area contributed by atoms with Gasteiger partial charge in [-0.15, -0.1) is 0 Å². The Balaban J connectivity index is 2.36. The van der Waals surface area contributed by atoms with E-state index >= 15 is 0 Å². The van der Waals surface area contributed by atoms with Gasteiger partial charge in [0, 0.05) is 56.2 Å². The first kappa shape index (κ1) is 45.3. The minimum Gasteiger partial charge on any atom is -0.508 e. The Morgan fingerprint density at radius 2 is 1.65 bits per heavy atom. The number of aromatic hydroxyl groups is 1. The predicted molar refractivity (Wildman–Crippen MR) is 212 cm³/mol. The number of anilines is 1. The van der Waals surface area contributed by atoms with Crippen molar-refractivity contribution in [3.8, 4) is 5.75 Å². The number of nitrogens with zero attached hydrogens (tertiary/aromatic N) is 4. The fraction of sp³-hybridized carbons (Fsp3) is 0.750. The third kappa shape index (κ3) is 11.3. The summed E-state index contributed by atoms with van der Waals surface area (Å²) in [5, 5.41) is 13.0. The van der Waals surface area contributed by atoms with Crippen molar-refractivity contribution >= 4 is 41.1 Å². The molecule has 8 unspecified atom stereocenters. The zero-order chi connectivity index (χ0) is 39.4. The second kappa shape index (κ2) is 21.2. The normalized spacial score (nSPS) is 18.8. The smallest absolute Gasteiger partial charge is 0.245 e. The molecule has 0 bridgehead atoms. The second-order valence-corrected chi connectivity index (χ2v) is 16.7. The van der Waals surface area contributed by atoms with Crippen molar-refractivity contribution < 1.29 is 29.0 Å². The summed E-state index contributed by atoms with van der Waals surface area (Å²) in [6.45, 7) is 19.0. The maximum absolute atomic E-state index is 14.3. The number of benzene rings is 1. The molecule has 4 amide bonds. The molecular weight excluding hydrogens is 679 g/mol. The maximum atomic E-state index is 14.3. The summed E-state index contributed by atoms with van der Waals surface area (Å²) in [6, 6.07) is 5.08. The third-order valence-electron chi connectivity index (χ3n) is 10.7. The van der Waals surface area contributed by atoms with Crippen LogP contribution < -0.4 is 10.2 Å². The van der Waals surface area contributed by atoms with Crippen molar-refractivity contribution in [2.45, 2.75) is 124 Å². The fourth-order valence-corrected chi connectivity index (χ4v) is 9.16. The largest absolute Gasteiger partial charge is 0.508 e. The Morgan fingerprint density at radius 3 is 2.15 bits per heavy atom. The monoisotopic (exact) mass is 747 g/mol. The van der Waals surface area contributed by atoms with E-state index in [4.69, 9.17) is 4.74 Å². The van der Waals surface area contributed by atoms with Crippen molar-refractivity contribution in [1.29, 1.82) is 0 Å². The van der Waals surface area contributed by atoms with Gasteiger partial charge in [0.25, 0.3) is 0 Å². The highest BCUT2D eigenvalue weighted by Gasteiger charge is 2.43. The number of methoxy groups -OCH3 is 1. The lowest BCUT2D eigenvalue weighted by Crippen LogP contribution is -2.59. The molecule has 0 radical (unpaired) electrons. The molecule has 52 heavy (non-hydrogen) atoms. The van der Waals surface area contributed by atoms with E-state index in [1.54, 1.807) is 53.9 Å². The van der Waals surface area contributed by atoms with Gasteiger partial charge in [-0.2, -0.15) is 11.8 Å². The van der Waals surface area contributed by atoms with E-state index in [2.05, 4.69) is 26.1 Å². The third-order valence-corrected chi connectivity index (χ3v) is 12.2. The summed E-state index contributed by atoms with van der Waals surface area (Å²) in [6.07, 6.45) is 1.91. The van der Waals surface area contributed by atoms with Gasteiger partial charge >= 0.3 is 0 Å². The molecule has 1 aliphatic rings. The molecule has 0 aliphatic carbocycles. The van der Waals surface area contributed by atoms with Gasteiger partial charge in [-0.25, -0.2) is 0 Å². The highest BCUT2D eigenvalue weighted by molar-refractivity contribution is 7.99. The summed E-state index contributed by atoms with van der Waals surface area (Å²) >= 11 is 1.71. The lowest BCUT2D eigenvalue weighted by Gasteiger charge is -2.41. The lowest BCUT2D eigenvalue weighted by molar-refractivity contribution is -0.146. The van der Waals surface area contributed by atoms with Crippen LogP contribution in [0.2, 0.25) is 0 Å². The molecule has 296 valence electrons. The molecule has 1 aromatic rings. The summed E-state index contributed by atoms with van der Waals surface area (Å²) in [5.74, 6) is -0.0597. The molecule has 0 spiro atoms. The predicted octanol–water partition coefficient (Wildman–Crippen LogP) is 5.50. The van der Waals surface area contributed by atoms with E-state index < -0.39 is 18.2 Å². The Hall–Kier alpha value is -2.83. The van der Waals surface area contributed by atoms with Gasteiger partial charge in [0.2, 0.25) is 23.6 Å². The molecule has 1 aromatic carbocycles. The zero-order valence-corrected chi connectivity index (χ0v) is 35.0. The first-order valence-electron chi connectivity index (χ1n) is 19.2. The van der Waals surface area contributed by atoms with Crippen LogP contribution in [0.25, 0.3) is 0 Å². The number of likely N-dealkylation sites (N-methyl/N-ethyl adjacent to an activating group) is 2. The number of amides is 4.